The first-order chi connectivity index (χ1) is 11.9. The summed E-state index contributed by atoms with van der Waals surface area (Å²) < 4.78 is 13.5. The molecule has 0 N–H and O–H groups in total. The predicted octanol–water partition coefficient (Wildman–Crippen LogP) is 1.83. The summed E-state index contributed by atoms with van der Waals surface area (Å²) in [5.41, 5.74) is 0.940. The van der Waals surface area contributed by atoms with Crippen LogP contribution in [-0.2, 0) is 17.8 Å². The molecule has 4 rings (SSSR count). The van der Waals surface area contributed by atoms with E-state index in [1.54, 1.807) is 6.20 Å². The molecular formula is C17H19N5O2. The number of morpholine rings is 1. The van der Waals surface area contributed by atoms with Gasteiger partial charge in [-0.05, 0) is 18.2 Å². The lowest BCUT2D eigenvalue weighted by atomic mass is 10.2. The first kappa shape index (κ1) is 15.0. The molecule has 0 radical (unpaired) electrons. The van der Waals surface area contributed by atoms with Crippen molar-refractivity contribution < 1.29 is 9.15 Å². The maximum absolute atomic E-state index is 5.82. The van der Waals surface area contributed by atoms with Crippen LogP contribution in [-0.4, -0.2) is 50.7 Å². The van der Waals surface area contributed by atoms with E-state index in [9.17, 15) is 0 Å². The lowest BCUT2D eigenvalue weighted by Crippen LogP contribution is -2.43. The van der Waals surface area contributed by atoms with Gasteiger partial charge >= 0.3 is 0 Å². The van der Waals surface area contributed by atoms with Crippen LogP contribution in [0.2, 0.25) is 0 Å². The van der Waals surface area contributed by atoms with Gasteiger partial charge in [0.1, 0.15) is 0 Å². The first-order valence-corrected chi connectivity index (χ1v) is 8.06. The second-order valence-corrected chi connectivity index (χ2v) is 5.82. The molecule has 3 aromatic rings. The highest BCUT2D eigenvalue weighted by atomic mass is 16.5. The van der Waals surface area contributed by atoms with Gasteiger partial charge in [-0.1, -0.05) is 18.2 Å². The summed E-state index contributed by atoms with van der Waals surface area (Å²) >= 11 is 0. The molecule has 1 aliphatic rings. The summed E-state index contributed by atoms with van der Waals surface area (Å²) in [4.78, 5) is 2.28. The van der Waals surface area contributed by atoms with Crippen LogP contribution in [0.3, 0.4) is 0 Å². The summed E-state index contributed by atoms with van der Waals surface area (Å²) in [7, 11) is 0. The van der Waals surface area contributed by atoms with Crippen molar-refractivity contribution in [2.45, 2.75) is 19.2 Å². The van der Waals surface area contributed by atoms with Gasteiger partial charge in [0.05, 0.1) is 25.8 Å². The molecule has 1 atom stereocenters. The minimum absolute atomic E-state index is 0.121. The zero-order chi connectivity index (χ0) is 16.2. The molecule has 24 heavy (non-hydrogen) atoms. The van der Waals surface area contributed by atoms with Gasteiger partial charge in [0.15, 0.2) is 0 Å². The summed E-state index contributed by atoms with van der Waals surface area (Å²) in [6, 6.07) is 11.7. The Labute approximate surface area is 139 Å². The van der Waals surface area contributed by atoms with Crippen molar-refractivity contribution in [2.24, 2.45) is 0 Å². The highest BCUT2D eigenvalue weighted by Crippen LogP contribution is 2.18. The molecule has 1 aromatic carbocycles. The van der Waals surface area contributed by atoms with E-state index in [2.05, 4.69) is 20.2 Å². The Morgan fingerprint density at radius 3 is 2.88 bits per heavy atom. The van der Waals surface area contributed by atoms with Gasteiger partial charge in [0.25, 0.3) is 0 Å². The van der Waals surface area contributed by atoms with Gasteiger partial charge in [-0.15, -0.1) is 10.2 Å². The number of rotatable bonds is 5. The minimum Gasteiger partial charge on any atom is -0.419 e. The van der Waals surface area contributed by atoms with E-state index in [0.717, 1.165) is 25.2 Å². The number of aromatic nitrogens is 4. The largest absolute Gasteiger partial charge is 0.419 e. The van der Waals surface area contributed by atoms with Crippen molar-refractivity contribution in [1.82, 2.24) is 24.9 Å². The minimum atomic E-state index is 0.121. The van der Waals surface area contributed by atoms with Crippen LogP contribution >= 0.6 is 0 Å². The van der Waals surface area contributed by atoms with Gasteiger partial charge in [0, 0.05) is 31.0 Å². The summed E-state index contributed by atoms with van der Waals surface area (Å²) in [5, 5.41) is 12.5. The quantitative estimate of drug-likeness (QED) is 0.713. The summed E-state index contributed by atoms with van der Waals surface area (Å²) in [6.45, 7) is 3.77. The molecule has 0 amide bonds. The predicted molar refractivity (Wildman–Crippen MR) is 87.0 cm³/mol. The highest BCUT2D eigenvalue weighted by molar-refractivity contribution is 5.51. The highest BCUT2D eigenvalue weighted by Gasteiger charge is 2.22. The molecule has 7 nitrogen and oxygen atoms in total. The second-order valence-electron chi connectivity index (χ2n) is 5.82. The smallest absolute Gasteiger partial charge is 0.247 e. The van der Waals surface area contributed by atoms with Crippen molar-refractivity contribution in [3.63, 3.8) is 0 Å². The molecule has 0 saturated carbocycles. The number of hydrogen-bond donors (Lipinski definition) is 0. The van der Waals surface area contributed by atoms with Gasteiger partial charge in [-0.25, -0.2) is 0 Å². The van der Waals surface area contributed by atoms with E-state index < -0.39 is 0 Å². The monoisotopic (exact) mass is 325 g/mol. The van der Waals surface area contributed by atoms with Crippen molar-refractivity contribution >= 4 is 0 Å². The maximum Gasteiger partial charge on any atom is 0.247 e. The van der Waals surface area contributed by atoms with E-state index in [1.165, 1.54) is 0 Å². The Kier molecular flexibility index (Phi) is 4.35. The molecule has 124 valence electrons. The lowest BCUT2D eigenvalue weighted by Gasteiger charge is -2.31. The Balaban J connectivity index is 1.37. The van der Waals surface area contributed by atoms with Crippen LogP contribution < -0.4 is 0 Å². The topological polar surface area (TPSA) is 69.2 Å². The van der Waals surface area contributed by atoms with Crippen LogP contribution in [0, 0.1) is 0 Å². The van der Waals surface area contributed by atoms with E-state index in [-0.39, 0.29) is 6.10 Å². The van der Waals surface area contributed by atoms with E-state index >= 15 is 0 Å². The van der Waals surface area contributed by atoms with Crippen molar-refractivity contribution in [1.29, 1.82) is 0 Å². The van der Waals surface area contributed by atoms with Crippen LogP contribution in [0.15, 0.2) is 53.2 Å². The molecule has 0 aliphatic carbocycles. The van der Waals surface area contributed by atoms with Crippen LogP contribution in [0.5, 0.6) is 0 Å². The SMILES string of the molecule is c1ccc(-c2nnc(CN3CCO[C@H](Cn4cccn4)C3)o2)cc1. The molecule has 7 heteroatoms. The van der Waals surface area contributed by atoms with E-state index in [4.69, 9.17) is 9.15 Å². The zero-order valence-corrected chi connectivity index (χ0v) is 13.3. The third-order valence-corrected chi connectivity index (χ3v) is 4.02. The fourth-order valence-electron chi connectivity index (χ4n) is 2.86. The lowest BCUT2D eigenvalue weighted by molar-refractivity contribution is -0.0422. The molecule has 1 fully saturated rings. The summed E-state index contributed by atoms with van der Waals surface area (Å²) in [5.74, 6) is 1.19. The Hall–Kier alpha value is -2.51. The molecule has 0 unspecified atom stereocenters. The summed E-state index contributed by atoms with van der Waals surface area (Å²) in [6.07, 6.45) is 3.85. The van der Waals surface area contributed by atoms with E-state index in [0.29, 0.717) is 24.9 Å². The molecule has 3 heterocycles. The van der Waals surface area contributed by atoms with Crippen LogP contribution in [0.4, 0.5) is 0 Å². The van der Waals surface area contributed by atoms with Gasteiger partial charge in [0.2, 0.25) is 11.8 Å². The average molecular weight is 325 g/mol. The van der Waals surface area contributed by atoms with Crippen molar-refractivity contribution in [2.75, 3.05) is 19.7 Å². The fourth-order valence-corrected chi connectivity index (χ4v) is 2.86. The molecule has 1 aliphatic heterocycles. The molecule has 2 aromatic heterocycles. The number of hydrogen-bond acceptors (Lipinski definition) is 6. The zero-order valence-electron chi connectivity index (χ0n) is 13.3. The standard InChI is InChI=1S/C17H19N5O2/c1-2-5-14(6-3-1)17-20-19-16(24-17)13-21-9-10-23-15(11-21)12-22-8-4-7-18-22/h1-8,15H,9-13H2/t15-/m0/s1. The Morgan fingerprint density at radius 2 is 2.04 bits per heavy atom. The van der Waals surface area contributed by atoms with Gasteiger partial charge < -0.3 is 9.15 Å². The van der Waals surface area contributed by atoms with Crippen LogP contribution in [0.25, 0.3) is 11.5 Å². The maximum atomic E-state index is 5.82. The average Bonchev–Trinajstić information content (AvgIpc) is 3.28. The third-order valence-electron chi connectivity index (χ3n) is 4.02. The van der Waals surface area contributed by atoms with Crippen molar-refractivity contribution in [3.8, 4) is 11.5 Å². The van der Waals surface area contributed by atoms with Gasteiger partial charge in [-0.2, -0.15) is 5.10 Å². The number of nitrogens with zero attached hydrogens (tertiary/aromatic N) is 5. The fraction of sp³-hybridized carbons (Fsp3) is 0.353. The normalized spacial score (nSPS) is 18.8. The molecule has 1 saturated heterocycles. The van der Waals surface area contributed by atoms with Crippen LogP contribution in [0.1, 0.15) is 5.89 Å². The van der Waals surface area contributed by atoms with Crippen molar-refractivity contribution in [3.05, 3.63) is 54.7 Å². The van der Waals surface area contributed by atoms with Gasteiger partial charge in [-0.3, -0.25) is 9.58 Å². The molecular weight excluding hydrogens is 306 g/mol. The third kappa shape index (κ3) is 3.52. The number of benzene rings is 1. The number of ether oxygens (including phenoxy) is 1. The Bertz CT molecular complexity index is 756. The molecule has 0 spiro atoms. The van der Waals surface area contributed by atoms with E-state index in [1.807, 2.05) is 47.3 Å². The molecule has 0 bridgehead atoms. The first-order valence-electron chi connectivity index (χ1n) is 8.06. The second kappa shape index (κ2) is 6.94. The Morgan fingerprint density at radius 1 is 1.12 bits per heavy atom.